The van der Waals surface area contributed by atoms with Crippen molar-refractivity contribution in [2.24, 2.45) is 0 Å². The Labute approximate surface area is 141 Å². The fourth-order valence-electron chi connectivity index (χ4n) is 3.49. The Morgan fingerprint density at radius 1 is 1.17 bits per heavy atom. The zero-order chi connectivity index (χ0) is 16.5. The van der Waals surface area contributed by atoms with Crippen molar-refractivity contribution in [2.45, 2.75) is 19.0 Å². The summed E-state index contributed by atoms with van der Waals surface area (Å²) in [6.45, 7) is 3.67. The fraction of sp³-hybridized carbons (Fsp3) is 0.368. The Morgan fingerprint density at radius 3 is 2.67 bits per heavy atom. The molecule has 2 aromatic rings. The van der Waals surface area contributed by atoms with Crippen molar-refractivity contribution in [1.29, 1.82) is 0 Å². The standard InChI is InChI=1S/C19H21N3O2/c1-24-18-7-6-15(10-20-18)19(23)22-12-17(13-22)21-9-8-14-4-2-3-5-16(14)11-21/h2-7,10,17H,8-9,11-13H2,1H3. The van der Waals surface area contributed by atoms with E-state index in [-0.39, 0.29) is 5.91 Å². The first kappa shape index (κ1) is 15.1. The van der Waals surface area contributed by atoms with Gasteiger partial charge in [0.25, 0.3) is 5.91 Å². The van der Waals surface area contributed by atoms with Crippen LogP contribution in [0, 0.1) is 0 Å². The second-order valence-electron chi connectivity index (χ2n) is 6.44. The van der Waals surface area contributed by atoms with E-state index in [0.29, 0.717) is 17.5 Å². The number of hydrogen-bond acceptors (Lipinski definition) is 4. The number of pyridine rings is 1. The smallest absolute Gasteiger partial charge is 0.255 e. The molecule has 0 radical (unpaired) electrons. The van der Waals surface area contributed by atoms with Crippen molar-refractivity contribution >= 4 is 5.91 Å². The highest BCUT2D eigenvalue weighted by Crippen LogP contribution is 2.25. The highest BCUT2D eigenvalue weighted by atomic mass is 16.5. The van der Waals surface area contributed by atoms with Crippen molar-refractivity contribution < 1.29 is 9.53 Å². The highest BCUT2D eigenvalue weighted by Gasteiger charge is 2.36. The Morgan fingerprint density at radius 2 is 1.96 bits per heavy atom. The van der Waals surface area contributed by atoms with Crippen LogP contribution in [0.25, 0.3) is 0 Å². The Balaban J connectivity index is 1.35. The maximum atomic E-state index is 12.5. The van der Waals surface area contributed by atoms with Gasteiger partial charge in [-0.1, -0.05) is 24.3 Å². The van der Waals surface area contributed by atoms with Crippen LogP contribution in [-0.4, -0.2) is 53.5 Å². The fourth-order valence-corrected chi connectivity index (χ4v) is 3.49. The van der Waals surface area contributed by atoms with Crippen LogP contribution >= 0.6 is 0 Å². The molecule has 1 amide bonds. The number of fused-ring (bicyclic) bond motifs is 1. The summed E-state index contributed by atoms with van der Waals surface area (Å²) < 4.78 is 5.03. The quantitative estimate of drug-likeness (QED) is 0.866. The summed E-state index contributed by atoms with van der Waals surface area (Å²) in [5, 5.41) is 0. The van der Waals surface area contributed by atoms with Crippen LogP contribution in [0.2, 0.25) is 0 Å². The van der Waals surface area contributed by atoms with E-state index < -0.39 is 0 Å². The van der Waals surface area contributed by atoms with Gasteiger partial charge >= 0.3 is 0 Å². The van der Waals surface area contributed by atoms with Gasteiger partial charge in [0.2, 0.25) is 5.88 Å². The van der Waals surface area contributed by atoms with E-state index in [0.717, 1.165) is 32.6 Å². The number of carbonyl (C=O) groups is 1. The number of ether oxygens (including phenoxy) is 1. The molecule has 2 aliphatic rings. The molecule has 1 aromatic carbocycles. The number of amides is 1. The van der Waals surface area contributed by atoms with Gasteiger partial charge in [0.1, 0.15) is 0 Å². The molecule has 2 aliphatic heterocycles. The van der Waals surface area contributed by atoms with E-state index in [1.54, 1.807) is 25.4 Å². The molecule has 4 rings (SSSR count). The van der Waals surface area contributed by atoms with Crippen LogP contribution in [0.1, 0.15) is 21.5 Å². The number of carbonyl (C=O) groups excluding carboxylic acids is 1. The second kappa shape index (κ2) is 6.24. The molecule has 0 spiro atoms. The summed E-state index contributed by atoms with van der Waals surface area (Å²) >= 11 is 0. The summed E-state index contributed by atoms with van der Waals surface area (Å²) in [5.41, 5.74) is 3.51. The highest BCUT2D eigenvalue weighted by molar-refractivity contribution is 5.94. The van der Waals surface area contributed by atoms with E-state index in [1.165, 1.54) is 11.1 Å². The number of likely N-dealkylation sites (tertiary alicyclic amines) is 1. The van der Waals surface area contributed by atoms with Crippen LogP contribution in [0.3, 0.4) is 0 Å². The van der Waals surface area contributed by atoms with Crippen LogP contribution in [0.4, 0.5) is 0 Å². The lowest BCUT2D eigenvalue weighted by Gasteiger charge is -2.46. The van der Waals surface area contributed by atoms with Crippen molar-refractivity contribution in [3.05, 3.63) is 59.3 Å². The van der Waals surface area contributed by atoms with Gasteiger partial charge in [0, 0.05) is 44.5 Å². The van der Waals surface area contributed by atoms with Crippen molar-refractivity contribution in [3.63, 3.8) is 0 Å². The second-order valence-corrected chi connectivity index (χ2v) is 6.44. The molecule has 1 saturated heterocycles. The molecule has 5 heteroatoms. The van der Waals surface area contributed by atoms with Gasteiger partial charge in [-0.25, -0.2) is 4.98 Å². The Hall–Kier alpha value is -2.40. The van der Waals surface area contributed by atoms with Crippen LogP contribution in [-0.2, 0) is 13.0 Å². The average molecular weight is 323 g/mol. The molecule has 0 atom stereocenters. The lowest BCUT2D eigenvalue weighted by atomic mass is 9.96. The van der Waals surface area contributed by atoms with E-state index in [1.807, 2.05) is 4.90 Å². The third-order valence-corrected chi connectivity index (χ3v) is 5.02. The number of nitrogens with zero attached hydrogens (tertiary/aromatic N) is 3. The Bertz CT molecular complexity index is 739. The molecule has 124 valence electrons. The summed E-state index contributed by atoms with van der Waals surface area (Å²) in [7, 11) is 1.57. The molecule has 0 saturated carbocycles. The number of rotatable bonds is 3. The third-order valence-electron chi connectivity index (χ3n) is 5.02. The summed E-state index contributed by atoms with van der Waals surface area (Å²) in [6, 6.07) is 12.6. The molecule has 5 nitrogen and oxygen atoms in total. The largest absolute Gasteiger partial charge is 0.481 e. The summed E-state index contributed by atoms with van der Waals surface area (Å²) in [6.07, 6.45) is 2.69. The van der Waals surface area contributed by atoms with Crippen molar-refractivity contribution in [2.75, 3.05) is 26.7 Å². The monoisotopic (exact) mass is 323 g/mol. The van der Waals surface area contributed by atoms with Gasteiger partial charge in [-0.05, 0) is 23.6 Å². The minimum absolute atomic E-state index is 0.0545. The number of hydrogen-bond donors (Lipinski definition) is 0. The normalized spacial score (nSPS) is 18.0. The van der Waals surface area contributed by atoms with Gasteiger partial charge in [-0.3, -0.25) is 9.69 Å². The molecular weight excluding hydrogens is 302 g/mol. The maximum absolute atomic E-state index is 12.5. The number of aromatic nitrogens is 1. The van der Waals surface area contributed by atoms with Crippen LogP contribution in [0.5, 0.6) is 5.88 Å². The SMILES string of the molecule is COc1ccc(C(=O)N2CC(N3CCc4ccccc4C3)C2)cn1. The summed E-state index contributed by atoms with van der Waals surface area (Å²) in [5.74, 6) is 0.582. The zero-order valence-electron chi connectivity index (χ0n) is 13.8. The molecule has 24 heavy (non-hydrogen) atoms. The third kappa shape index (κ3) is 2.76. The average Bonchev–Trinajstić information content (AvgIpc) is 2.60. The van der Waals surface area contributed by atoms with Crippen LogP contribution < -0.4 is 4.74 Å². The Kier molecular flexibility index (Phi) is 3.94. The maximum Gasteiger partial charge on any atom is 0.255 e. The molecule has 1 aromatic heterocycles. The molecule has 1 fully saturated rings. The molecule has 0 unspecified atom stereocenters. The van der Waals surface area contributed by atoms with E-state index in [2.05, 4.69) is 34.1 Å². The van der Waals surface area contributed by atoms with Gasteiger partial charge < -0.3 is 9.64 Å². The van der Waals surface area contributed by atoms with Crippen molar-refractivity contribution in [1.82, 2.24) is 14.8 Å². The first-order valence-corrected chi connectivity index (χ1v) is 8.35. The predicted octanol–water partition coefficient (Wildman–Crippen LogP) is 1.97. The predicted molar refractivity (Wildman–Crippen MR) is 91.0 cm³/mol. The lowest BCUT2D eigenvalue weighted by molar-refractivity contribution is 0.0218. The number of benzene rings is 1. The lowest BCUT2D eigenvalue weighted by Crippen LogP contribution is -2.61. The summed E-state index contributed by atoms with van der Waals surface area (Å²) in [4.78, 5) is 21.0. The van der Waals surface area contributed by atoms with E-state index in [9.17, 15) is 4.79 Å². The molecule has 0 bridgehead atoms. The zero-order valence-corrected chi connectivity index (χ0v) is 13.8. The molecule has 0 aliphatic carbocycles. The van der Waals surface area contributed by atoms with Crippen molar-refractivity contribution in [3.8, 4) is 5.88 Å². The molecule has 0 N–H and O–H groups in total. The van der Waals surface area contributed by atoms with E-state index in [4.69, 9.17) is 4.74 Å². The van der Waals surface area contributed by atoms with Gasteiger partial charge in [-0.15, -0.1) is 0 Å². The number of methoxy groups -OCH3 is 1. The first-order chi connectivity index (χ1) is 11.7. The molecular formula is C19H21N3O2. The topological polar surface area (TPSA) is 45.7 Å². The van der Waals surface area contributed by atoms with E-state index >= 15 is 0 Å². The minimum Gasteiger partial charge on any atom is -0.481 e. The van der Waals surface area contributed by atoms with Crippen LogP contribution in [0.15, 0.2) is 42.6 Å². The first-order valence-electron chi connectivity index (χ1n) is 8.35. The molecule has 3 heterocycles. The minimum atomic E-state index is 0.0545. The van der Waals surface area contributed by atoms with Gasteiger partial charge in [0.05, 0.1) is 12.7 Å². The van der Waals surface area contributed by atoms with Gasteiger partial charge in [0.15, 0.2) is 0 Å². The van der Waals surface area contributed by atoms with Gasteiger partial charge in [-0.2, -0.15) is 0 Å².